The molecule has 0 unspecified atom stereocenters. The maximum Gasteiger partial charge on any atom is 0.267 e. The minimum atomic E-state index is -0.0223. The molecule has 0 saturated carbocycles. The third kappa shape index (κ3) is 1.57. The van der Waals surface area contributed by atoms with Crippen LogP contribution in [0.1, 0.15) is 25.0 Å². The SMILES string of the molecule is CC(C)N1CCc2c(cn[nH]c2=O)C1. The Morgan fingerprint density at radius 2 is 2.36 bits per heavy atom. The standard InChI is InChI=1S/C10H15N3O/c1-7(2)13-4-3-9-8(6-13)5-11-12-10(9)14/h5,7H,3-4,6H2,1-2H3,(H,12,14). The largest absolute Gasteiger partial charge is 0.296 e. The van der Waals surface area contributed by atoms with Gasteiger partial charge < -0.3 is 0 Å². The molecular formula is C10H15N3O. The summed E-state index contributed by atoms with van der Waals surface area (Å²) in [7, 11) is 0. The Morgan fingerprint density at radius 3 is 3.07 bits per heavy atom. The lowest BCUT2D eigenvalue weighted by molar-refractivity contribution is 0.202. The molecule has 0 radical (unpaired) electrons. The summed E-state index contributed by atoms with van der Waals surface area (Å²) in [5, 5.41) is 6.31. The molecule has 2 rings (SSSR count). The first kappa shape index (κ1) is 9.40. The molecule has 1 N–H and O–H groups in total. The molecule has 1 aliphatic heterocycles. The van der Waals surface area contributed by atoms with Crippen molar-refractivity contribution in [1.82, 2.24) is 15.1 Å². The van der Waals surface area contributed by atoms with Crippen LogP contribution in [0, 0.1) is 0 Å². The van der Waals surface area contributed by atoms with E-state index < -0.39 is 0 Å². The molecule has 1 aromatic heterocycles. The molecule has 76 valence electrons. The molecule has 14 heavy (non-hydrogen) atoms. The number of hydrogen-bond acceptors (Lipinski definition) is 3. The van der Waals surface area contributed by atoms with Gasteiger partial charge in [0, 0.05) is 24.7 Å². The average Bonchev–Trinajstić information content (AvgIpc) is 2.17. The summed E-state index contributed by atoms with van der Waals surface area (Å²) in [6.07, 6.45) is 2.61. The normalized spacial score (nSPS) is 17.1. The molecule has 0 bridgehead atoms. The first-order chi connectivity index (χ1) is 6.68. The van der Waals surface area contributed by atoms with Crippen molar-refractivity contribution in [2.24, 2.45) is 0 Å². The maximum atomic E-state index is 11.4. The number of rotatable bonds is 1. The lowest BCUT2D eigenvalue weighted by Gasteiger charge is -2.30. The van der Waals surface area contributed by atoms with Crippen LogP contribution >= 0.6 is 0 Å². The van der Waals surface area contributed by atoms with Gasteiger partial charge in [-0.1, -0.05) is 0 Å². The summed E-state index contributed by atoms with van der Waals surface area (Å²) in [6.45, 7) is 6.17. The van der Waals surface area contributed by atoms with Gasteiger partial charge >= 0.3 is 0 Å². The van der Waals surface area contributed by atoms with Gasteiger partial charge in [-0.05, 0) is 25.8 Å². The third-order valence-electron chi connectivity index (χ3n) is 2.80. The van der Waals surface area contributed by atoms with Crippen LogP contribution in [0.3, 0.4) is 0 Å². The maximum absolute atomic E-state index is 11.4. The fourth-order valence-corrected chi connectivity index (χ4v) is 1.86. The van der Waals surface area contributed by atoms with Crippen molar-refractivity contribution in [3.63, 3.8) is 0 Å². The molecule has 0 fully saturated rings. The van der Waals surface area contributed by atoms with Gasteiger partial charge in [-0.2, -0.15) is 5.10 Å². The van der Waals surface area contributed by atoms with E-state index >= 15 is 0 Å². The first-order valence-corrected chi connectivity index (χ1v) is 4.98. The van der Waals surface area contributed by atoms with Crippen LogP contribution in [0.2, 0.25) is 0 Å². The van der Waals surface area contributed by atoms with Crippen LogP contribution in [0.15, 0.2) is 11.0 Å². The number of aromatic amines is 1. The van der Waals surface area contributed by atoms with Crippen LogP contribution in [0.5, 0.6) is 0 Å². The summed E-state index contributed by atoms with van der Waals surface area (Å²) in [5.41, 5.74) is 1.97. The smallest absolute Gasteiger partial charge is 0.267 e. The fourth-order valence-electron chi connectivity index (χ4n) is 1.86. The molecule has 0 amide bonds. The van der Waals surface area contributed by atoms with Crippen molar-refractivity contribution in [2.75, 3.05) is 6.54 Å². The molecule has 4 heteroatoms. The highest BCUT2D eigenvalue weighted by Crippen LogP contribution is 2.15. The zero-order valence-electron chi connectivity index (χ0n) is 8.58. The van der Waals surface area contributed by atoms with Crippen molar-refractivity contribution in [2.45, 2.75) is 32.9 Å². The van der Waals surface area contributed by atoms with Gasteiger partial charge in [0.2, 0.25) is 0 Å². The van der Waals surface area contributed by atoms with Crippen molar-refractivity contribution >= 4 is 0 Å². The van der Waals surface area contributed by atoms with E-state index in [4.69, 9.17) is 0 Å². The number of fused-ring (bicyclic) bond motifs is 1. The van der Waals surface area contributed by atoms with Gasteiger partial charge in [0.05, 0.1) is 6.20 Å². The average molecular weight is 193 g/mol. The van der Waals surface area contributed by atoms with E-state index in [9.17, 15) is 4.79 Å². The van der Waals surface area contributed by atoms with E-state index in [1.54, 1.807) is 6.20 Å². The Kier molecular flexibility index (Phi) is 2.37. The van der Waals surface area contributed by atoms with Gasteiger partial charge in [0.15, 0.2) is 0 Å². The topological polar surface area (TPSA) is 49.0 Å². The van der Waals surface area contributed by atoms with Crippen LogP contribution in [0.4, 0.5) is 0 Å². The molecule has 0 aliphatic carbocycles. The second-order valence-electron chi connectivity index (χ2n) is 4.02. The van der Waals surface area contributed by atoms with Crippen molar-refractivity contribution < 1.29 is 0 Å². The quantitative estimate of drug-likeness (QED) is 0.708. The van der Waals surface area contributed by atoms with Crippen molar-refractivity contribution in [3.8, 4) is 0 Å². The predicted molar refractivity (Wildman–Crippen MR) is 54.1 cm³/mol. The van der Waals surface area contributed by atoms with Gasteiger partial charge in [0.1, 0.15) is 0 Å². The first-order valence-electron chi connectivity index (χ1n) is 4.98. The molecule has 0 spiro atoms. The lowest BCUT2D eigenvalue weighted by Crippen LogP contribution is -2.38. The second kappa shape index (κ2) is 3.53. The van der Waals surface area contributed by atoms with E-state index in [1.807, 2.05) is 0 Å². The van der Waals surface area contributed by atoms with Crippen LogP contribution in [0.25, 0.3) is 0 Å². The molecule has 1 aromatic rings. The second-order valence-corrected chi connectivity index (χ2v) is 4.02. The Morgan fingerprint density at radius 1 is 1.57 bits per heavy atom. The Hall–Kier alpha value is -1.16. The summed E-state index contributed by atoms with van der Waals surface area (Å²) >= 11 is 0. The monoisotopic (exact) mass is 193 g/mol. The molecule has 0 saturated heterocycles. The highest BCUT2D eigenvalue weighted by Gasteiger charge is 2.20. The van der Waals surface area contributed by atoms with E-state index in [-0.39, 0.29) is 5.56 Å². The minimum absolute atomic E-state index is 0.0223. The highest BCUT2D eigenvalue weighted by molar-refractivity contribution is 5.23. The van der Waals surface area contributed by atoms with E-state index in [0.717, 1.165) is 30.6 Å². The third-order valence-corrected chi connectivity index (χ3v) is 2.80. The van der Waals surface area contributed by atoms with E-state index in [2.05, 4.69) is 28.9 Å². The Labute approximate surface area is 82.9 Å². The number of hydrogen-bond donors (Lipinski definition) is 1. The molecular weight excluding hydrogens is 178 g/mol. The minimum Gasteiger partial charge on any atom is -0.296 e. The molecule has 0 aromatic carbocycles. The van der Waals surface area contributed by atoms with Crippen LogP contribution in [-0.2, 0) is 13.0 Å². The lowest BCUT2D eigenvalue weighted by atomic mass is 10.0. The number of nitrogens with zero attached hydrogens (tertiary/aromatic N) is 2. The van der Waals surface area contributed by atoms with E-state index in [1.165, 1.54) is 0 Å². The van der Waals surface area contributed by atoms with E-state index in [0.29, 0.717) is 6.04 Å². The van der Waals surface area contributed by atoms with Gasteiger partial charge in [0.25, 0.3) is 5.56 Å². The predicted octanol–water partition coefficient (Wildman–Crippen LogP) is 0.536. The number of nitrogens with one attached hydrogen (secondary N) is 1. The van der Waals surface area contributed by atoms with Gasteiger partial charge in [-0.15, -0.1) is 0 Å². The van der Waals surface area contributed by atoms with Crippen LogP contribution < -0.4 is 5.56 Å². The van der Waals surface area contributed by atoms with Crippen LogP contribution in [-0.4, -0.2) is 27.7 Å². The molecule has 0 atom stereocenters. The van der Waals surface area contributed by atoms with Crippen molar-refractivity contribution in [3.05, 3.63) is 27.7 Å². The summed E-state index contributed by atoms with van der Waals surface area (Å²) < 4.78 is 0. The molecule has 2 heterocycles. The molecule has 4 nitrogen and oxygen atoms in total. The Bertz CT molecular complexity index is 383. The summed E-state index contributed by atoms with van der Waals surface area (Å²) in [5.74, 6) is 0. The van der Waals surface area contributed by atoms with Crippen molar-refractivity contribution in [1.29, 1.82) is 0 Å². The van der Waals surface area contributed by atoms with Gasteiger partial charge in [-0.3, -0.25) is 9.69 Å². The Balaban J connectivity index is 2.32. The zero-order valence-corrected chi connectivity index (χ0v) is 8.58. The fraction of sp³-hybridized carbons (Fsp3) is 0.600. The number of H-pyrrole nitrogens is 1. The highest BCUT2D eigenvalue weighted by atomic mass is 16.1. The zero-order chi connectivity index (χ0) is 10.1. The van der Waals surface area contributed by atoms with Gasteiger partial charge in [-0.25, -0.2) is 5.10 Å². The summed E-state index contributed by atoms with van der Waals surface area (Å²) in [4.78, 5) is 13.8. The molecule has 1 aliphatic rings. The summed E-state index contributed by atoms with van der Waals surface area (Å²) in [6, 6.07) is 0.530. The number of aromatic nitrogens is 2.